The number of halogens is 2. The fraction of sp³-hybridized carbons (Fsp3) is 0.375. The van der Waals surface area contributed by atoms with Crippen molar-refractivity contribution in [1.29, 1.82) is 0 Å². The van der Waals surface area contributed by atoms with E-state index >= 15 is 0 Å². The van der Waals surface area contributed by atoms with Crippen molar-refractivity contribution < 1.29 is 9.53 Å². The largest absolute Gasteiger partial charge is 0.491 e. The van der Waals surface area contributed by atoms with Crippen molar-refractivity contribution in [2.45, 2.75) is 33.6 Å². The van der Waals surface area contributed by atoms with Crippen LogP contribution in [0.3, 0.4) is 0 Å². The summed E-state index contributed by atoms with van der Waals surface area (Å²) >= 11 is 7.20. The highest BCUT2D eigenvalue weighted by molar-refractivity contribution is 9.11. The Morgan fingerprint density at radius 1 is 1.07 bits per heavy atom. The van der Waals surface area contributed by atoms with Crippen LogP contribution in [0, 0.1) is 0 Å². The minimum absolute atomic E-state index is 0.00698. The molecule has 0 spiro atoms. The third kappa shape index (κ3) is 4.98. The smallest absolute Gasteiger partial charge is 0.210 e. The molecule has 6 heteroatoms. The Bertz CT molecular complexity index is 1000. The van der Waals surface area contributed by atoms with Crippen molar-refractivity contribution in [2.75, 3.05) is 26.2 Å². The molecule has 0 aliphatic rings. The highest BCUT2D eigenvalue weighted by atomic mass is 79.9. The van der Waals surface area contributed by atoms with E-state index in [0.717, 1.165) is 63.9 Å². The number of hydrogen-bond acceptors (Lipinski definition) is 3. The minimum atomic E-state index is 0.00698. The van der Waals surface area contributed by atoms with Crippen LogP contribution < -0.4 is 4.74 Å². The van der Waals surface area contributed by atoms with Crippen LogP contribution in [0.1, 0.15) is 48.8 Å². The lowest BCUT2D eigenvalue weighted by Gasteiger charge is -2.18. The molecular formula is C24H28Br2N2O2. The number of benzene rings is 1. The van der Waals surface area contributed by atoms with Crippen LogP contribution in [0.25, 0.3) is 5.52 Å². The van der Waals surface area contributed by atoms with E-state index in [2.05, 4.69) is 63.6 Å². The predicted octanol–water partition coefficient (Wildman–Crippen LogP) is 6.37. The molecule has 3 aromatic rings. The normalized spacial score (nSPS) is 11.4. The van der Waals surface area contributed by atoms with E-state index in [4.69, 9.17) is 4.74 Å². The standard InChI is InChI=1S/C24H28Br2N2O2/c1-4-17-14-19-10-7-8-12-28(19)22(17)23(29)18-15-20(25)24(21(26)16-18)30-13-9-11-27(5-2)6-3/h7-8,10,12,14-16H,4-6,9,11,13H2,1-3H3. The maximum atomic E-state index is 13.4. The molecule has 0 bridgehead atoms. The highest BCUT2D eigenvalue weighted by Crippen LogP contribution is 2.36. The van der Waals surface area contributed by atoms with Gasteiger partial charge in [0.1, 0.15) is 5.75 Å². The molecule has 4 nitrogen and oxygen atoms in total. The van der Waals surface area contributed by atoms with Crippen LogP contribution in [-0.2, 0) is 6.42 Å². The van der Waals surface area contributed by atoms with Crippen LogP contribution >= 0.6 is 31.9 Å². The molecule has 2 heterocycles. The van der Waals surface area contributed by atoms with Crippen molar-refractivity contribution in [3.05, 3.63) is 68.4 Å². The number of carbonyl (C=O) groups excluding carboxylic acids is 1. The van der Waals surface area contributed by atoms with Gasteiger partial charge < -0.3 is 14.0 Å². The molecule has 0 aliphatic heterocycles. The molecule has 160 valence electrons. The molecule has 3 rings (SSSR count). The molecule has 0 saturated carbocycles. The summed E-state index contributed by atoms with van der Waals surface area (Å²) in [7, 11) is 0. The topological polar surface area (TPSA) is 34.0 Å². The highest BCUT2D eigenvalue weighted by Gasteiger charge is 2.20. The Balaban J connectivity index is 1.81. The first kappa shape index (κ1) is 23.0. The molecular weight excluding hydrogens is 508 g/mol. The molecule has 0 aliphatic carbocycles. The lowest BCUT2D eigenvalue weighted by Crippen LogP contribution is -2.25. The third-order valence-electron chi connectivity index (χ3n) is 5.37. The number of ketones is 1. The first-order chi connectivity index (χ1) is 14.5. The molecule has 2 aromatic heterocycles. The number of rotatable bonds is 10. The molecule has 0 fully saturated rings. The Hall–Kier alpha value is -1.63. The second kappa shape index (κ2) is 10.6. The Morgan fingerprint density at radius 3 is 2.40 bits per heavy atom. The summed E-state index contributed by atoms with van der Waals surface area (Å²) in [6, 6.07) is 11.8. The van der Waals surface area contributed by atoms with Crippen molar-refractivity contribution in [1.82, 2.24) is 9.30 Å². The number of aryl methyl sites for hydroxylation is 1. The van der Waals surface area contributed by atoms with Gasteiger partial charge in [0.25, 0.3) is 0 Å². The number of fused-ring (bicyclic) bond motifs is 1. The monoisotopic (exact) mass is 534 g/mol. The number of pyridine rings is 1. The van der Waals surface area contributed by atoms with Gasteiger partial charge in [-0.3, -0.25) is 4.79 Å². The van der Waals surface area contributed by atoms with E-state index in [0.29, 0.717) is 12.2 Å². The molecule has 0 amide bonds. The first-order valence-corrected chi connectivity index (χ1v) is 12.1. The zero-order valence-electron chi connectivity index (χ0n) is 17.8. The van der Waals surface area contributed by atoms with Crippen LogP contribution in [0.4, 0.5) is 0 Å². The Morgan fingerprint density at radius 2 is 1.77 bits per heavy atom. The van der Waals surface area contributed by atoms with Gasteiger partial charge in [0.2, 0.25) is 5.78 Å². The molecule has 0 saturated heterocycles. The number of ether oxygens (including phenoxy) is 1. The van der Waals surface area contributed by atoms with Crippen molar-refractivity contribution >= 4 is 43.2 Å². The summed E-state index contributed by atoms with van der Waals surface area (Å²) in [5, 5.41) is 0. The van der Waals surface area contributed by atoms with E-state index in [-0.39, 0.29) is 5.78 Å². The van der Waals surface area contributed by atoms with Gasteiger partial charge in [-0.25, -0.2) is 0 Å². The van der Waals surface area contributed by atoms with Crippen molar-refractivity contribution in [3.63, 3.8) is 0 Å². The lowest BCUT2D eigenvalue weighted by atomic mass is 10.0. The molecule has 1 aromatic carbocycles. The fourth-order valence-corrected chi connectivity index (χ4v) is 5.09. The van der Waals surface area contributed by atoms with Gasteiger partial charge in [-0.1, -0.05) is 26.8 Å². The van der Waals surface area contributed by atoms with E-state index in [1.54, 1.807) is 0 Å². The van der Waals surface area contributed by atoms with E-state index in [9.17, 15) is 4.79 Å². The average Bonchev–Trinajstić information content (AvgIpc) is 3.13. The quantitative estimate of drug-likeness (QED) is 0.223. The molecule has 30 heavy (non-hydrogen) atoms. The predicted molar refractivity (Wildman–Crippen MR) is 130 cm³/mol. The number of aromatic nitrogens is 1. The first-order valence-electron chi connectivity index (χ1n) is 10.5. The van der Waals surface area contributed by atoms with E-state index < -0.39 is 0 Å². The summed E-state index contributed by atoms with van der Waals surface area (Å²) < 4.78 is 9.54. The molecule has 0 radical (unpaired) electrons. The van der Waals surface area contributed by atoms with Gasteiger partial charge in [0.05, 0.1) is 21.2 Å². The summed E-state index contributed by atoms with van der Waals surface area (Å²) in [6.45, 7) is 10.2. The third-order valence-corrected chi connectivity index (χ3v) is 6.55. The Kier molecular flexibility index (Phi) is 8.14. The maximum Gasteiger partial charge on any atom is 0.210 e. The van der Waals surface area contributed by atoms with Gasteiger partial charge in [0, 0.05) is 23.8 Å². The molecule has 0 atom stereocenters. The zero-order chi connectivity index (χ0) is 21.7. The van der Waals surface area contributed by atoms with Gasteiger partial charge in [-0.05, 0) is 93.7 Å². The molecule has 0 N–H and O–H groups in total. The van der Waals surface area contributed by atoms with Gasteiger partial charge in [-0.15, -0.1) is 0 Å². The zero-order valence-corrected chi connectivity index (χ0v) is 20.9. The van der Waals surface area contributed by atoms with Crippen LogP contribution in [0.2, 0.25) is 0 Å². The van der Waals surface area contributed by atoms with Gasteiger partial charge in [0.15, 0.2) is 0 Å². The second-order valence-electron chi connectivity index (χ2n) is 7.19. The van der Waals surface area contributed by atoms with Gasteiger partial charge in [-0.2, -0.15) is 0 Å². The van der Waals surface area contributed by atoms with Crippen molar-refractivity contribution in [3.8, 4) is 5.75 Å². The van der Waals surface area contributed by atoms with E-state index in [1.807, 2.05) is 40.9 Å². The second-order valence-corrected chi connectivity index (χ2v) is 8.90. The molecule has 0 unspecified atom stereocenters. The number of nitrogens with zero attached hydrogens (tertiary/aromatic N) is 2. The van der Waals surface area contributed by atoms with Crippen LogP contribution in [0.5, 0.6) is 5.75 Å². The fourth-order valence-electron chi connectivity index (χ4n) is 3.67. The average molecular weight is 536 g/mol. The van der Waals surface area contributed by atoms with E-state index in [1.165, 1.54) is 0 Å². The van der Waals surface area contributed by atoms with Crippen LogP contribution in [-0.4, -0.2) is 41.3 Å². The summed E-state index contributed by atoms with van der Waals surface area (Å²) in [5.74, 6) is 0.745. The Labute approximate surface area is 195 Å². The summed E-state index contributed by atoms with van der Waals surface area (Å²) in [6.07, 6.45) is 3.70. The minimum Gasteiger partial charge on any atom is -0.491 e. The summed E-state index contributed by atoms with van der Waals surface area (Å²) in [5.41, 5.74) is 3.43. The van der Waals surface area contributed by atoms with Crippen LogP contribution in [0.15, 0.2) is 51.5 Å². The maximum absolute atomic E-state index is 13.4. The van der Waals surface area contributed by atoms with Crippen molar-refractivity contribution in [2.24, 2.45) is 0 Å². The SMILES string of the molecule is CCc1cc2ccccn2c1C(=O)c1cc(Br)c(OCCCN(CC)CC)c(Br)c1. The van der Waals surface area contributed by atoms with Gasteiger partial charge >= 0.3 is 0 Å². The number of carbonyl (C=O) groups is 1. The summed E-state index contributed by atoms with van der Waals surface area (Å²) in [4.78, 5) is 15.8. The number of hydrogen-bond donors (Lipinski definition) is 0. The lowest BCUT2D eigenvalue weighted by molar-refractivity contribution is 0.103.